The molecule has 2 aromatic carbocycles. The molecular formula is C19H15ClN2O3S2. The summed E-state index contributed by atoms with van der Waals surface area (Å²) in [6.07, 6.45) is 1.73. The predicted molar refractivity (Wildman–Crippen MR) is 112 cm³/mol. The largest absolute Gasteiger partial charge is 0.494 e. The van der Waals surface area contributed by atoms with Gasteiger partial charge in [-0.15, -0.1) is 0 Å². The van der Waals surface area contributed by atoms with Crippen molar-refractivity contribution in [2.24, 2.45) is 0 Å². The number of benzene rings is 2. The maximum Gasteiger partial charge on any atom is 0.285 e. The van der Waals surface area contributed by atoms with Crippen molar-refractivity contribution in [3.8, 4) is 5.75 Å². The van der Waals surface area contributed by atoms with Crippen LogP contribution in [0.2, 0.25) is 5.02 Å². The third-order valence-electron chi connectivity index (χ3n) is 3.60. The second kappa shape index (κ2) is 8.56. The number of hydrazine groups is 1. The number of thioether (sulfide) groups is 1. The molecule has 2 aromatic rings. The van der Waals surface area contributed by atoms with E-state index in [1.54, 1.807) is 30.3 Å². The Labute approximate surface area is 171 Å². The van der Waals surface area contributed by atoms with Gasteiger partial charge < -0.3 is 4.74 Å². The summed E-state index contributed by atoms with van der Waals surface area (Å²) in [5.41, 5.74) is 3.75. The number of nitrogens with one attached hydrogen (secondary N) is 1. The van der Waals surface area contributed by atoms with Crippen LogP contribution in [-0.4, -0.2) is 27.8 Å². The lowest BCUT2D eigenvalue weighted by molar-refractivity contribution is -0.123. The van der Waals surface area contributed by atoms with Gasteiger partial charge >= 0.3 is 0 Å². The summed E-state index contributed by atoms with van der Waals surface area (Å²) in [5.74, 6) is -0.0519. The number of carbonyl (C=O) groups excluding carboxylic acids is 2. The molecular weight excluding hydrogens is 404 g/mol. The molecule has 1 aliphatic heterocycles. The number of hydrogen-bond donors (Lipinski definition) is 1. The van der Waals surface area contributed by atoms with Crippen LogP contribution < -0.4 is 10.2 Å². The molecule has 1 fully saturated rings. The van der Waals surface area contributed by atoms with Gasteiger partial charge in [0.05, 0.1) is 11.5 Å². The van der Waals surface area contributed by atoms with E-state index >= 15 is 0 Å². The topological polar surface area (TPSA) is 58.6 Å². The van der Waals surface area contributed by atoms with Gasteiger partial charge in [0.1, 0.15) is 5.75 Å². The Balaban J connectivity index is 1.72. The lowest BCUT2D eigenvalue weighted by Crippen LogP contribution is -2.44. The zero-order valence-corrected chi connectivity index (χ0v) is 16.7. The summed E-state index contributed by atoms with van der Waals surface area (Å²) >= 11 is 12.2. The Hall–Kier alpha value is -2.35. The third kappa shape index (κ3) is 4.68. The number of ether oxygens (including phenoxy) is 1. The number of rotatable bonds is 5. The number of amides is 2. The first-order valence-corrected chi connectivity index (χ1v) is 9.65. The second-order valence-electron chi connectivity index (χ2n) is 5.47. The van der Waals surface area contributed by atoms with E-state index in [1.807, 2.05) is 31.2 Å². The van der Waals surface area contributed by atoms with Gasteiger partial charge in [-0.3, -0.25) is 15.0 Å². The number of halogens is 1. The molecule has 0 atom stereocenters. The average molecular weight is 419 g/mol. The van der Waals surface area contributed by atoms with Gasteiger partial charge in [-0.2, -0.15) is 5.01 Å². The van der Waals surface area contributed by atoms with Crippen molar-refractivity contribution in [1.82, 2.24) is 10.4 Å². The second-order valence-corrected chi connectivity index (χ2v) is 7.58. The summed E-state index contributed by atoms with van der Waals surface area (Å²) in [6, 6.07) is 13.7. The molecule has 0 aromatic heterocycles. The number of thiocarbonyl (C=S) groups is 1. The highest BCUT2D eigenvalue weighted by atomic mass is 35.5. The van der Waals surface area contributed by atoms with Gasteiger partial charge in [-0.05, 0) is 67.2 Å². The van der Waals surface area contributed by atoms with Crippen LogP contribution in [0.3, 0.4) is 0 Å². The van der Waals surface area contributed by atoms with Crippen molar-refractivity contribution in [3.05, 3.63) is 69.6 Å². The van der Waals surface area contributed by atoms with Gasteiger partial charge in [0, 0.05) is 10.6 Å². The van der Waals surface area contributed by atoms with Crippen LogP contribution in [0.25, 0.3) is 6.08 Å². The molecule has 5 nitrogen and oxygen atoms in total. The predicted octanol–water partition coefficient (Wildman–Crippen LogP) is 4.28. The summed E-state index contributed by atoms with van der Waals surface area (Å²) in [4.78, 5) is 25.3. The summed E-state index contributed by atoms with van der Waals surface area (Å²) < 4.78 is 5.67. The average Bonchev–Trinajstić information content (AvgIpc) is 2.91. The molecule has 138 valence electrons. The van der Waals surface area contributed by atoms with Gasteiger partial charge in [-0.25, -0.2) is 0 Å². The smallest absolute Gasteiger partial charge is 0.285 e. The molecule has 1 saturated heterocycles. The van der Waals surface area contributed by atoms with E-state index < -0.39 is 5.91 Å². The first-order chi connectivity index (χ1) is 13.0. The monoisotopic (exact) mass is 418 g/mol. The molecule has 0 aliphatic carbocycles. The van der Waals surface area contributed by atoms with Gasteiger partial charge in [0.2, 0.25) is 0 Å². The summed E-state index contributed by atoms with van der Waals surface area (Å²) in [6.45, 7) is 2.50. The molecule has 1 heterocycles. The van der Waals surface area contributed by atoms with Crippen molar-refractivity contribution in [2.75, 3.05) is 6.61 Å². The molecule has 1 aliphatic rings. The fourth-order valence-corrected chi connectivity index (χ4v) is 3.62. The fraction of sp³-hybridized carbons (Fsp3) is 0.105. The van der Waals surface area contributed by atoms with Gasteiger partial charge in [0.15, 0.2) is 4.32 Å². The quantitative estimate of drug-likeness (QED) is 0.580. The molecule has 8 heteroatoms. The fourth-order valence-electron chi connectivity index (χ4n) is 2.31. The van der Waals surface area contributed by atoms with Gasteiger partial charge in [0.25, 0.3) is 11.8 Å². The van der Waals surface area contributed by atoms with Crippen LogP contribution in [-0.2, 0) is 4.79 Å². The normalized spacial score (nSPS) is 15.3. The van der Waals surface area contributed by atoms with E-state index in [1.165, 1.54) is 0 Å². The lowest BCUT2D eigenvalue weighted by Gasteiger charge is -2.15. The van der Waals surface area contributed by atoms with Crippen LogP contribution in [0.15, 0.2) is 53.4 Å². The van der Waals surface area contributed by atoms with Crippen molar-refractivity contribution in [1.29, 1.82) is 0 Å². The SMILES string of the molecule is CCOc1ccc(/C=C2/SC(=S)N(NC(=O)c3ccc(Cl)cc3)C2=O)cc1. The minimum Gasteiger partial charge on any atom is -0.494 e. The molecule has 0 spiro atoms. The molecule has 0 saturated carbocycles. The van der Waals surface area contributed by atoms with Crippen LogP contribution in [0.1, 0.15) is 22.8 Å². The molecule has 1 N–H and O–H groups in total. The van der Waals surface area contributed by atoms with Crippen molar-refractivity contribution >= 4 is 57.8 Å². The maximum atomic E-state index is 12.6. The van der Waals surface area contributed by atoms with Crippen molar-refractivity contribution < 1.29 is 14.3 Å². The summed E-state index contributed by atoms with van der Waals surface area (Å²) in [5, 5.41) is 1.60. The Morgan fingerprint density at radius 2 is 1.89 bits per heavy atom. The first kappa shape index (κ1) is 19.4. The first-order valence-electron chi connectivity index (χ1n) is 8.05. The molecule has 3 rings (SSSR count). The Kier molecular flexibility index (Phi) is 6.15. The van der Waals surface area contributed by atoms with Crippen LogP contribution in [0, 0.1) is 0 Å². The minimum atomic E-state index is -0.440. The molecule has 27 heavy (non-hydrogen) atoms. The van der Waals surface area contributed by atoms with E-state index in [0.29, 0.717) is 22.1 Å². The lowest BCUT2D eigenvalue weighted by atomic mass is 10.2. The maximum absolute atomic E-state index is 12.6. The number of hydrogen-bond acceptors (Lipinski definition) is 5. The van der Waals surface area contributed by atoms with E-state index in [0.717, 1.165) is 28.1 Å². The molecule has 0 unspecified atom stereocenters. The Morgan fingerprint density at radius 3 is 2.52 bits per heavy atom. The molecule has 0 bridgehead atoms. The summed E-state index contributed by atoms with van der Waals surface area (Å²) in [7, 11) is 0. The third-order valence-corrected chi connectivity index (χ3v) is 5.16. The van der Waals surface area contributed by atoms with E-state index in [9.17, 15) is 9.59 Å². The van der Waals surface area contributed by atoms with Gasteiger partial charge in [-0.1, -0.05) is 35.5 Å². The minimum absolute atomic E-state index is 0.263. The highest BCUT2D eigenvalue weighted by Crippen LogP contribution is 2.31. The number of nitrogens with zero attached hydrogens (tertiary/aromatic N) is 1. The standard InChI is InChI=1S/C19H15ClN2O3S2/c1-2-25-15-9-3-12(4-10-15)11-16-18(24)22(19(26)27-16)21-17(23)13-5-7-14(20)8-6-13/h3-11H,2H2,1H3,(H,21,23)/b16-11+. The molecule has 2 amide bonds. The van der Waals surface area contributed by atoms with Crippen LogP contribution >= 0.6 is 35.6 Å². The van der Waals surface area contributed by atoms with Crippen molar-refractivity contribution in [3.63, 3.8) is 0 Å². The highest BCUT2D eigenvalue weighted by molar-refractivity contribution is 8.26. The zero-order valence-electron chi connectivity index (χ0n) is 14.3. The molecule has 0 radical (unpaired) electrons. The van der Waals surface area contributed by atoms with E-state index in [-0.39, 0.29) is 10.2 Å². The van der Waals surface area contributed by atoms with Crippen LogP contribution in [0.4, 0.5) is 0 Å². The van der Waals surface area contributed by atoms with E-state index in [4.69, 9.17) is 28.6 Å². The number of carbonyl (C=O) groups is 2. The van der Waals surface area contributed by atoms with Crippen molar-refractivity contribution in [2.45, 2.75) is 6.92 Å². The highest BCUT2D eigenvalue weighted by Gasteiger charge is 2.33. The Bertz CT molecular complexity index is 912. The van der Waals surface area contributed by atoms with Crippen LogP contribution in [0.5, 0.6) is 5.75 Å². The zero-order chi connectivity index (χ0) is 19.4. The van der Waals surface area contributed by atoms with E-state index in [2.05, 4.69) is 5.43 Å². The Morgan fingerprint density at radius 1 is 1.22 bits per heavy atom.